The zero-order chi connectivity index (χ0) is 12.3. The number of anilines is 1. The van der Waals surface area contributed by atoms with Gasteiger partial charge in [-0.05, 0) is 12.5 Å². The van der Waals surface area contributed by atoms with Crippen LogP contribution in [0.2, 0.25) is 0 Å². The maximum absolute atomic E-state index is 10.7. The summed E-state index contributed by atoms with van der Waals surface area (Å²) in [5.41, 5.74) is 7.23. The zero-order valence-electron chi connectivity index (χ0n) is 9.43. The lowest BCUT2D eigenvalue weighted by Gasteiger charge is -1.98. The smallest absolute Gasteiger partial charge is 0.318 e. The summed E-state index contributed by atoms with van der Waals surface area (Å²) in [6, 6.07) is 9.52. The van der Waals surface area contributed by atoms with Gasteiger partial charge in [0.1, 0.15) is 0 Å². The first-order valence-electron chi connectivity index (χ1n) is 5.22. The molecule has 0 atom stereocenters. The van der Waals surface area contributed by atoms with E-state index in [1.807, 2.05) is 25.1 Å². The Morgan fingerprint density at radius 2 is 2.12 bits per heavy atom. The molecule has 1 heterocycles. The molecule has 2 amide bonds. The lowest BCUT2D eigenvalue weighted by Crippen LogP contribution is -2.19. The minimum Gasteiger partial charge on any atom is -0.351 e. The molecule has 0 fully saturated rings. The van der Waals surface area contributed by atoms with Crippen molar-refractivity contribution in [2.75, 3.05) is 5.32 Å². The van der Waals surface area contributed by atoms with Crippen LogP contribution in [0.1, 0.15) is 16.1 Å². The molecule has 1 aromatic carbocycles. The molecule has 0 saturated carbocycles. The third-order valence-electron chi connectivity index (χ3n) is 2.34. The molecular weight excluding hydrogens is 234 g/mol. The van der Waals surface area contributed by atoms with E-state index in [1.54, 1.807) is 0 Å². The number of nitrogens with zero attached hydrogens (tertiary/aromatic N) is 1. The van der Waals surface area contributed by atoms with E-state index in [0.29, 0.717) is 5.13 Å². The average Bonchev–Trinajstić information content (AvgIpc) is 2.59. The molecule has 0 radical (unpaired) electrons. The fourth-order valence-corrected chi connectivity index (χ4v) is 2.37. The number of nitrogens with one attached hydrogen (secondary N) is 1. The van der Waals surface area contributed by atoms with Gasteiger partial charge in [0.25, 0.3) is 0 Å². The SMILES string of the molecule is Cc1sc(NC(N)=O)nc1Cc1ccccc1. The van der Waals surface area contributed by atoms with Crippen molar-refractivity contribution in [3.8, 4) is 0 Å². The highest BCUT2D eigenvalue weighted by atomic mass is 32.1. The molecule has 0 aliphatic heterocycles. The first-order chi connectivity index (χ1) is 8.15. The summed E-state index contributed by atoms with van der Waals surface area (Å²) in [4.78, 5) is 16.2. The molecule has 0 aliphatic carbocycles. The lowest BCUT2D eigenvalue weighted by atomic mass is 10.1. The van der Waals surface area contributed by atoms with Gasteiger partial charge >= 0.3 is 6.03 Å². The molecule has 1 aromatic heterocycles. The highest BCUT2D eigenvalue weighted by Gasteiger charge is 2.09. The van der Waals surface area contributed by atoms with Gasteiger partial charge in [0.2, 0.25) is 0 Å². The monoisotopic (exact) mass is 247 g/mol. The number of primary amides is 1. The summed E-state index contributed by atoms with van der Waals surface area (Å²) in [5.74, 6) is 0. The number of benzene rings is 1. The van der Waals surface area contributed by atoms with E-state index in [-0.39, 0.29) is 0 Å². The molecule has 88 valence electrons. The van der Waals surface area contributed by atoms with Gasteiger partial charge in [-0.3, -0.25) is 5.32 Å². The van der Waals surface area contributed by atoms with Crippen LogP contribution in [0.4, 0.5) is 9.93 Å². The lowest BCUT2D eigenvalue weighted by molar-refractivity contribution is 0.259. The highest BCUT2D eigenvalue weighted by Crippen LogP contribution is 2.23. The Morgan fingerprint density at radius 1 is 1.41 bits per heavy atom. The van der Waals surface area contributed by atoms with E-state index >= 15 is 0 Å². The van der Waals surface area contributed by atoms with Gasteiger partial charge < -0.3 is 5.73 Å². The summed E-state index contributed by atoms with van der Waals surface area (Å²) in [5, 5.41) is 3.05. The van der Waals surface area contributed by atoms with Crippen LogP contribution in [-0.4, -0.2) is 11.0 Å². The second-order valence-corrected chi connectivity index (χ2v) is 4.88. The van der Waals surface area contributed by atoms with Gasteiger partial charge in [0.15, 0.2) is 5.13 Å². The molecule has 5 heteroatoms. The number of aromatic nitrogens is 1. The third kappa shape index (κ3) is 3.04. The van der Waals surface area contributed by atoms with Crippen LogP contribution in [-0.2, 0) is 6.42 Å². The van der Waals surface area contributed by atoms with Crippen LogP contribution < -0.4 is 11.1 Å². The summed E-state index contributed by atoms with van der Waals surface area (Å²) in [6.45, 7) is 1.99. The minimum atomic E-state index is -0.579. The standard InChI is InChI=1S/C12H13N3OS/c1-8-10(7-9-5-3-2-4-6-9)14-12(17-8)15-11(13)16/h2-6H,7H2,1H3,(H3,13,14,15,16). The van der Waals surface area contributed by atoms with Gasteiger partial charge in [-0.25, -0.2) is 9.78 Å². The van der Waals surface area contributed by atoms with Crippen LogP contribution in [0.15, 0.2) is 30.3 Å². The first kappa shape index (κ1) is 11.6. The number of rotatable bonds is 3. The Labute approximate surface area is 103 Å². The van der Waals surface area contributed by atoms with Crippen LogP contribution in [0.5, 0.6) is 0 Å². The van der Waals surface area contributed by atoms with E-state index < -0.39 is 6.03 Å². The van der Waals surface area contributed by atoms with Crippen molar-refractivity contribution < 1.29 is 4.79 Å². The van der Waals surface area contributed by atoms with E-state index in [9.17, 15) is 4.79 Å². The van der Waals surface area contributed by atoms with Crippen LogP contribution in [0.3, 0.4) is 0 Å². The number of hydrogen-bond acceptors (Lipinski definition) is 3. The molecular formula is C12H13N3OS. The Morgan fingerprint density at radius 3 is 2.76 bits per heavy atom. The van der Waals surface area contributed by atoms with Crippen molar-refractivity contribution in [2.45, 2.75) is 13.3 Å². The van der Waals surface area contributed by atoms with E-state index in [4.69, 9.17) is 5.73 Å². The number of carbonyl (C=O) groups is 1. The molecule has 0 saturated heterocycles. The zero-order valence-corrected chi connectivity index (χ0v) is 10.3. The van der Waals surface area contributed by atoms with Crippen molar-refractivity contribution in [1.29, 1.82) is 0 Å². The van der Waals surface area contributed by atoms with Gasteiger partial charge in [0, 0.05) is 11.3 Å². The number of aryl methyl sites for hydroxylation is 1. The number of hydrogen-bond donors (Lipinski definition) is 2. The predicted molar refractivity (Wildman–Crippen MR) is 69.3 cm³/mol. The molecule has 2 rings (SSSR count). The van der Waals surface area contributed by atoms with Crippen LogP contribution >= 0.6 is 11.3 Å². The van der Waals surface area contributed by atoms with Crippen LogP contribution in [0.25, 0.3) is 0 Å². The molecule has 0 spiro atoms. The maximum atomic E-state index is 10.7. The number of amides is 2. The van der Waals surface area contributed by atoms with Gasteiger partial charge in [-0.1, -0.05) is 30.3 Å². The molecule has 17 heavy (non-hydrogen) atoms. The maximum Gasteiger partial charge on any atom is 0.318 e. The topological polar surface area (TPSA) is 68.0 Å². The minimum absolute atomic E-state index is 0.556. The largest absolute Gasteiger partial charge is 0.351 e. The molecule has 3 N–H and O–H groups in total. The van der Waals surface area contributed by atoms with Gasteiger partial charge in [0.05, 0.1) is 5.69 Å². The van der Waals surface area contributed by atoms with Crippen molar-refractivity contribution in [1.82, 2.24) is 4.98 Å². The Hall–Kier alpha value is -1.88. The second kappa shape index (κ2) is 4.97. The number of thiazole rings is 1. The van der Waals surface area contributed by atoms with Crippen LogP contribution in [0, 0.1) is 6.92 Å². The third-order valence-corrected chi connectivity index (χ3v) is 3.27. The number of carbonyl (C=O) groups excluding carboxylic acids is 1. The van der Waals surface area contributed by atoms with Gasteiger partial charge in [-0.15, -0.1) is 11.3 Å². The molecule has 0 aliphatic rings. The van der Waals surface area contributed by atoms with Crippen molar-refractivity contribution in [3.05, 3.63) is 46.5 Å². The molecule has 4 nitrogen and oxygen atoms in total. The number of urea groups is 1. The Bertz CT molecular complexity index is 522. The van der Waals surface area contributed by atoms with E-state index in [0.717, 1.165) is 17.0 Å². The van der Waals surface area contributed by atoms with Crippen molar-refractivity contribution in [2.24, 2.45) is 5.73 Å². The summed E-state index contributed by atoms with van der Waals surface area (Å²) in [6.07, 6.45) is 0.767. The predicted octanol–water partition coefficient (Wildman–Crippen LogP) is 2.53. The number of nitrogens with two attached hydrogens (primary N) is 1. The quantitative estimate of drug-likeness (QED) is 0.875. The summed E-state index contributed by atoms with van der Waals surface area (Å²) >= 11 is 1.44. The van der Waals surface area contributed by atoms with Crippen molar-refractivity contribution in [3.63, 3.8) is 0 Å². The van der Waals surface area contributed by atoms with Gasteiger partial charge in [-0.2, -0.15) is 0 Å². The summed E-state index contributed by atoms with van der Waals surface area (Å²) < 4.78 is 0. The van der Waals surface area contributed by atoms with E-state index in [2.05, 4.69) is 22.4 Å². The average molecular weight is 247 g/mol. The summed E-state index contributed by atoms with van der Waals surface area (Å²) in [7, 11) is 0. The second-order valence-electron chi connectivity index (χ2n) is 3.67. The van der Waals surface area contributed by atoms with Crippen molar-refractivity contribution >= 4 is 22.5 Å². The Kier molecular flexibility index (Phi) is 3.39. The fourth-order valence-electron chi connectivity index (χ4n) is 1.54. The highest BCUT2D eigenvalue weighted by molar-refractivity contribution is 7.15. The molecule has 2 aromatic rings. The van der Waals surface area contributed by atoms with E-state index in [1.165, 1.54) is 16.9 Å². The molecule has 0 bridgehead atoms. The normalized spacial score (nSPS) is 10.2. The Balaban J connectivity index is 2.16. The fraction of sp³-hybridized carbons (Fsp3) is 0.167. The first-order valence-corrected chi connectivity index (χ1v) is 6.03. The molecule has 0 unspecified atom stereocenters.